The molecule has 2 aromatic rings. The van der Waals surface area contributed by atoms with Crippen molar-refractivity contribution in [2.75, 3.05) is 13.2 Å². The van der Waals surface area contributed by atoms with E-state index in [9.17, 15) is 5.11 Å². The van der Waals surface area contributed by atoms with Crippen LogP contribution in [0.5, 0.6) is 0 Å². The lowest BCUT2D eigenvalue weighted by Crippen LogP contribution is -2.66. The van der Waals surface area contributed by atoms with Crippen molar-refractivity contribution < 1.29 is 19.0 Å². The van der Waals surface area contributed by atoms with Gasteiger partial charge in [0.05, 0.1) is 6.61 Å². The summed E-state index contributed by atoms with van der Waals surface area (Å²) in [6.45, 7) is 11.7. The van der Waals surface area contributed by atoms with E-state index in [-0.39, 0.29) is 11.1 Å². The lowest BCUT2D eigenvalue weighted by atomic mass is 10.2. The van der Waals surface area contributed by atoms with Gasteiger partial charge in [0.15, 0.2) is 5.79 Å². The van der Waals surface area contributed by atoms with Crippen LogP contribution >= 0.6 is 0 Å². The smallest absolute Gasteiger partial charge is 0.261 e. The summed E-state index contributed by atoms with van der Waals surface area (Å²) in [6.07, 6.45) is 4.60. The van der Waals surface area contributed by atoms with E-state index < -0.39 is 20.2 Å². The van der Waals surface area contributed by atoms with Crippen LogP contribution in [0.4, 0.5) is 0 Å². The summed E-state index contributed by atoms with van der Waals surface area (Å²) in [6, 6.07) is 21.4. The molecule has 1 N–H and O–H groups in total. The van der Waals surface area contributed by atoms with E-state index in [0.717, 1.165) is 12.8 Å². The third-order valence-electron chi connectivity index (χ3n) is 6.00. The monoisotopic (exact) mass is 454 g/mol. The van der Waals surface area contributed by atoms with Crippen molar-refractivity contribution >= 4 is 18.7 Å². The first-order chi connectivity index (χ1) is 15.2. The predicted octanol–water partition coefficient (Wildman–Crippen LogP) is 4.41. The summed E-state index contributed by atoms with van der Waals surface area (Å²) in [7, 11) is -2.48. The van der Waals surface area contributed by atoms with Crippen molar-refractivity contribution in [3.8, 4) is 0 Å². The SMILES string of the molecule is CC1(C)OC[C@H]([C@@H](O)/C=C\CCCO[Si](c2ccccc2)(c2ccccc2)C(C)(C)C)O1. The highest BCUT2D eigenvalue weighted by atomic mass is 28.4. The molecule has 0 spiro atoms. The van der Waals surface area contributed by atoms with Gasteiger partial charge >= 0.3 is 0 Å². The van der Waals surface area contributed by atoms with Gasteiger partial charge in [-0.15, -0.1) is 0 Å². The highest BCUT2D eigenvalue weighted by Gasteiger charge is 2.49. The molecule has 0 unspecified atom stereocenters. The van der Waals surface area contributed by atoms with E-state index in [2.05, 4.69) is 81.4 Å². The molecule has 3 rings (SSSR count). The maximum absolute atomic E-state index is 10.4. The normalized spacial score (nSPS) is 20.0. The molecule has 0 saturated carbocycles. The predicted molar refractivity (Wildman–Crippen MR) is 133 cm³/mol. The van der Waals surface area contributed by atoms with Crippen LogP contribution in [0.25, 0.3) is 0 Å². The molecule has 1 aliphatic rings. The third-order valence-corrected chi connectivity index (χ3v) is 11.0. The molecule has 2 aromatic carbocycles. The molecule has 4 nitrogen and oxygen atoms in total. The Morgan fingerprint density at radius 2 is 1.62 bits per heavy atom. The van der Waals surface area contributed by atoms with Gasteiger partial charge in [0, 0.05) is 6.61 Å². The van der Waals surface area contributed by atoms with Gasteiger partial charge in [0.1, 0.15) is 12.2 Å². The van der Waals surface area contributed by atoms with E-state index in [1.54, 1.807) is 0 Å². The number of allylic oxidation sites excluding steroid dienone is 1. The Bertz CT molecular complexity index is 819. The molecule has 1 saturated heterocycles. The number of rotatable bonds is 9. The van der Waals surface area contributed by atoms with E-state index in [0.29, 0.717) is 13.2 Å². The maximum Gasteiger partial charge on any atom is 0.261 e. The molecule has 0 radical (unpaired) electrons. The summed E-state index contributed by atoms with van der Waals surface area (Å²) in [5.74, 6) is -0.622. The molecule has 2 atom stereocenters. The standard InChI is InChI=1S/C27H38O4Si/c1-26(2,3)32(22-15-9-6-10-16-22,23-17-11-7-12-18-23)30-20-14-8-13-19-24(28)25-21-29-27(4,5)31-25/h6-7,9-13,15-19,24-25,28H,8,14,20-21H2,1-5H3/b19-13-/t24-,25+/m0/s1. The van der Waals surface area contributed by atoms with Gasteiger partial charge in [-0.1, -0.05) is 93.6 Å². The Kier molecular flexibility index (Phi) is 8.12. The quantitative estimate of drug-likeness (QED) is 0.346. The second-order valence-electron chi connectivity index (χ2n) is 9.94. The van der Waals surface area contributed by atoms with Crippen LogP contribution < -0.4 is 10.4 Å². The number of aliphatic hydroxyl groups is 1. The number of hydrogen-bond acceptors (Lipinski definition) is 4. The van der Waals surface area contributed by atoms with Gasteiger partial charge in [-0.05, 0) is 42.1 Å². The topological polar surface area (TPSA) is 47.9 Å². The molecule has 174 valence electrons. The molecule has 0 bridgehead atoms. The fourth-order valence-electron chi connectivity index (χ4n) is 4.43. The van der Waals surface area contributed by atoms with Crippen molar-refractivity contribution in [2.24, 2.45) is 0 Å². The highest BCUT2D eigenvalue weighted by molar-refractivity contribution is 6.99. The average Bonchev–Trinajstić information content (AvgIpc) is 3.13. The van der Waals surface area contributed by atoms with Crippen LogP contribution in [-0.4, -0.2) is 44.6 Å². The molecule has 1 fully saturated rings. The van der Waals surface area contributed by atoms with Gasteiger partial charge in [-0.3, -0.25) is 0 Å². The van der Waals surface area contributed by atoms with E-state index >= 15 is 0 Å². The molecule has 1 heterocycles. The minimum atomic E-state index is -2.48. The zero-order chi connectivity index (χ0) is 23.2. The highest BCUT2D eigenvalue weighted by Crippen LogP contribution is 2.36. The van der Waals surface area contributed by atoms with Crippen LogP contribution in [0.1, 0.15) is 47.5 Å². The first-order valence-corrected chi connectivity index (χ1v) is 13.5. The largest absolute Gasteiger partial charge is 0.407 e. The van der Waals surface area contributed by atoms with E-state index in [4.69, 9.17) is 13.9 Å². The number of benzene rings is 2. The van der Waals surface area contributed by atoms with Gasteiger partial charge in [-0.2, -0.15) is 0 Å². The summed E-state index contributed by atoms with van der Waals surface area (Å²) in [5.41, 5.74) is 0. The van der Waals surface area contributed by atoms with Crippen molar-refractivity contribution in [2.45, 2.75) is 70.5 Å². The van der Waals surface area contributed by atoms with Gasteiger partial charge in [-0.25, -0.2) is 0 Å². The summed E-state index contributed by atoms with van der Waals surface area (Å²) < 4.78 is 18.2. The molecular formula is C27H38O4Si. The summed E-state index contributed by atoms with van der Waals surface area (Å²) >= 11 is 0. The second kappa shape index (κ2) is 10.4. The number of hydrogen-bond donors (Lipinski definition) is 1. The maximum atomic E-state index is 10.4. The second-order valence-corrected chi connectivity index (χ2v) is 14.2. The van der Waals surface area contributed by atoms with Crippen molar-refractivity contribution in [1.82, 2.24) is 0 Å². The average molecular weight is 455 g/mol. The van der Waals surface area contributed by atoms with Gasteiger partial charge in [0.25, 0.3) is 8.32 Å². The number of unbranched alkanes of at least 4 members (excludes halogenated alkanes) is 1. The van der Waals surface area contributed by atoms with Crippen LogP contribution in [-0.2, 0) is 13.9 Å². The lowest BCUT2D eigenvalue weighted by molar-refractivity contribution is -0.147. The van der Waals surface area contributed by atoms with Crippen molar-refractivity contribution in [3.63, 3.8) is 0 Å². The van der Waals surface area contributed by atoms with Crippen LogP contribution in [0.3, 0.4) is 0 Å². The van der Waals surface area contributed by atoms with Crippen molar-refractivity contribution in [3.05, 3.63) is 72.8 Å². The molecule has 0 aliphatic carbocycles. The van der Waals surface area contributed by atoms with Crippen LogP contribution in [0.15, 0.2) is 72.8 Å². The van der Waals surface area contributed by atoms with Crippen LogP contribution in [0.2, 0.25) is 5.04 Å². The fourth-order valence-corrected chi connectivity index (χ4v) is 9.04. The van der Waals surface area contributed by atoms with E-state index in [1.165, 1.54) is 10.4 Å². The number of aliphatic hydroxyl groups excluding tert-OH is 1. The summed E-state index contributed by atoms with van der Waals surface area (Å²) in [5, 5.41) is 12.9. The molecule has 0 amide bonds. The Morgan fingerprint density at radius 1 is 1.06 bits per heavy atom. The van der Waals surface area contributed by atoms with Crippen molar-refractivity contribution in [1.29, 1.82) is 0 Å². The Hall–Kier alpha value is -1.76. The molecule has 0 aromatic heterocycles. The van der Waals surface area contributed by atoms with Crippen LogP contribution in [0, 0.1) is 0 Å². The molecule has 32 heavy (non-hydrogen) atoms. The van der Waals surface area contributed by atoms with Gasteiger partial charge in [0.2, 0.25) is 0 Å². The third kappa shape index (κ3) is 5.77. The van der Waals surface area contributed by atoms with Gasteiger partial charge < -0.3 is 19.0 Å². The Labute approximate surface area is 194 Å². The summed E-state index contributed by atoms with van der Waals surface area (Å²) in [4.78, 5) is 0. The first kappa shape index (κ1) is 24.9. The lowest BCUT2D eigenvalue weighted by Gasteiger charge is -2.43. The first-order valence-electron chi connectivity index (χ1n) is 11.6. The number of ether oxygens (including phenoxy) is 2. The van der Waals surface area contributed by atoms with E-state index in [1.807, 2.05) is 26.0 Å². The molecular weight excluding hydrogens is 416 g/mol. The zero-order valence-electron chi connectivity index (χ0n) is 20.1. The Morgan fingerprint density at radius 3 is 2.09 bits per heavy atom. The zero-order valence-corrected chi connectivity index (χ0v) is 21.1. The minimum Gasteiger partial charge on any atom is -0.407 e. The fraction of sp³-hybridized carbons (Fsp3) is 0.481. The Balaban J connectivity index is 1.66. The minimum absolute atomic E-state index is 0.0195. The molecule has 1 aliphatic heterocycles. The molecule has 5 heteroatoms.